The molecule has 0 saturated carbocycles. The molecule has 0 amide bonds. The van der Waals surface area contributed by atoms with Gasteiger partial charge in [-0.25, -0.2) is 4.79 Å². The maximum Gasteiger partial charge on any atom is 0.350 e. The van der Waals surface area contributed by atoms with Crippen LogP contribution in [0.1, 0.15) is 27.7 Å². The van der Waals surface area contributed by atoms with Crippen molar-refractivity contribution in [3.8, 4) is 10.4 Å². The van der Waals surface area contributed by atoms with Crippen LogP contribution < -0.4 is 5.73 Å². The van der Waals surface area contributed by atoms with Crippen LogP contribution in [0.15, 0.2) is 18.2 Å². The second kappa shape index (κ2) is 5.85. The van der Waals surface area contributed by atoms with Gasteiger partial charge < -0.3 is 10.5 Å². The number of nitrogens with two attached hydrogens (primary N) is 1. The summed E-state index contributed by atoms with van der Waals surface area (Å²) >= 11 is 7.72. The minimum absolute atomic E-state index is 0.405. The van der Waals surface area contributed by atoms with E-state index in [1.165, 1.54) is 18.4 Å². The zero-order valence-electron chi connectivity index (χ0n) is 11.6. The Balaban J connectivity index is 2.68. The summed E-state index contributed by atoms with van der Waals surface area (Å²) in [6, 6.07) is 5.85. The van der Waals surface area contributed by atoms with Crippen LogP contribution in [-0.4, -0.2) is 13.1 Å². The molecule has 0 radical (unpaired) electrons. The molecule has 0 unspecified atom stereocenters. The summed E-state index contributed by atoms with van der Waals surface area (Å²) in [5, 5.41) is 0.694. The molecule has 0 spiro atoms. The minimum atomic E-state index is -0.405. The fraction of sp³-hybridized carbons (Fsp3) is 0.267. The van der Waals surface area contributed by atoms with Crippen molar-refractivity contribution in [2.45, 2.75) is 20.3 Å². The number of anilines is 1. The molecule has 1 heterocycles. The number of hydrogen-bond donors (Lipinski definition) is 1. The molecule has 2 N–H and O–H groups in total. The molecule has 0 bridgehead atoms. The standard InChI is InChI=1S/C15H16ClNO2S/c1-4-9-12(17)14(15(18)19-3)20-13(9)10-7-5-6-8(2)11(10)16/h5-7H,4,17H2,1-3H3. The van der Waals surface area contributed by atoms with E-state index in [9.17, 15) is 4.79 Å². The molecular weight excluding hydrogens is 294 g/mol. The maximum absolute atomic E-state index is 11.8. The molecule has 0 aliphatic heterocycles. The first-order valence-corrected chi connectivity index (χ1v) is 7.45. The molecule has 106 valence electrons. The average molecular weight is 310 g/mol. The summed E-state index contributed by atoms with van der Waals surface area (Å²) in [4.78, 5) is 13.2. The molecule has 1 aromatic carbocycles. The zero-order valence-corrected chi connectivity index (χ0v) is 13.2. The van der Waals surface area contributed by atoms with E-state index in [4.69, 9.17) is 22.1 Å². The molecule has 0 aliphatic rings. The number of thiophene rings is 1. The zero-order chi connectivity index (χ0) is 14.9. The van der Waals surface area contributed by atoms with Gasteiger partial charge in [0.15, 0.2) is 0 Å². The second-order valence-electron chi connectivity index (χ2n) is 4.43. The van der Waals surface area contributed by atoms with Crippen molar-refractivity contribution in [2.75, 3.05) is 12.8 Å². The molecule has 0 saturated heterocycles. The summed E-state index contributed by atoms with van der Waals surface area (Å²) in [7, 11) is 1.35. The molecule has 20 heavy (non-hydrogen) atoms. The number of hydrogen-bond acceptors (Lipinski definition) is 4. The Kier molecular flexibility index (Phi) is 4.35. The van der Waals surface area contributed by atoms with E-state index in [1.54, 1.807) is 0 Å². The third kappa shape index (κ3) is 2.41. The highest BCUT2D eigenvalue weighted by molar-refractivity contribution is 7.18. The van der Waals surface area contributed by atoms with Crippen LogP contribution in [0, 0.1) is 6.92 Å². The minimum Gasteiger partial charge on any atom is -0.465 e. The molecule has 2 aromatic rings. The Labute approximate surface area is 127 Å². The smallest absolute Gasteiger partial charge is 0.350 e. The highest BCUT2D eigenvalue weighted by Crippen LogP contribution is 2.42. The highest BCUT2D eigenvalue weighted by atomic mass is 35.5. The number of carbonyl (C=O) groups is 1. The van der Waals surface area contributed by atoms with Gasteiger partial charge in [0.1, 0.15) is 4.88 Å². The van der Waals surface area contributed by atoms with Crippen LogP contribution in [0.3, 0.4) is 0 Å². The van der Waals surface area contributed by atoms with Crippen molar-refractivity contribution in [3.63, 3.8) is 0 Å². The number of halogens is 1. The summed E-state index contributed by atoms with van der Waals surface area (Å²) in [6.45, 7) is 3.96. The average Bonchev–Trinajstić information content (AvgIpc) is 2.77. The second-order valence-corrected chi connectivity index (χ2v) is 5.83. The Morgan fingerprint density at radius 3 is 2.75 bits per heavy atom. The molecule has 0 fully saturated rings. The van der Waals surface area contributed by atoms with E-state index < -0.39 is 5.97 Å². The Morgan fingerprint density at radius 2 is 2.15 bits per heavy atom. The Morgan fingerprint density at radius 1 is 1.45 bits per heavy atom. The number of benzene rings is 1. The highest BCUT2D eigenvalue weighted by Gasteiger charge is 2.22. The lowest BCUT2D eigenvalue weighted by molar-refractivity contribution is 0.0607. The van der Waals surface area contributed by atoms with Crippen LogP contribution in [0.5, 0.6) is 0 Å². The number of rotatable bonds is 3. The maximum atomic E-state index is 11.8. The van der Waals surface area contributed by atoms with E-state index in [2.05, 4.69) is 0 Å². The number of methoxy groups -OCH3 is 1. The molecule has 0 atom stereocenters. The molecule has 0 aliphatic carbocycles. The van der Waals surface area contributed by atoms with Gasteiger partial charge in [-0.05, 0) is 24.5 Å². The quantitative estimate of drug-likeness (QED) is 0.860. The van der Waals surface area contributed by atoms with Gasteiger partial charge in [-0.15, -0.1) is 11.3 Å². The lowest BCUT2D eigenvalue weighted by Gasteiger charge is -2.07. The Hall–Kier alpha value is -1.52. The van der Waals surface area contributed by atoms with Gasteiger partial charge >= 0.3 is 5.97 Å². The van der Waals surface area contributed by atoms with Crippen LogP contribution in [0.2, 0.25) is 5.02 Å². The topological polar surface area (TPSA) is 52.3 Å². The first kappa shape index (κ1) is 14.9. The normalized spacial score (nSPS) is 10.6. The molecular formula is C15H16ClNO2S. The van der Waals surface area contributed by atoms with E-state index in [0.717, 1.165) is 28.0 Å². The van der Waals surface area contributed by atoms with Gasteiger partial charge in [0.05, 0.1) is 17.8 Å². The molecule has 1 aromatic heterocycles. The van der Waals surface area contributed by atoms with E-state index >= 15 is 0 Å². The SMILES string of the molecule is CCc1c(-c2cccc(C)c2Cl)sc(C(=O)OC)c1N. The van der Waals surface area contributed by atoms with Crippen LogP contribution in [0.4, 0.5) is 5.69 Å². The number of esters is 1. The van der Waals surface area contributed by atoms with Gasteiger partial charge in [-0.1, -0.05) is 36.7 Å². The van der Waals surface area contributed by atoms with Gasteiger partial charge in [-0.2, -0.15) is 0 Å². The van der Waals surface area contributed by atoms with Crippen LogP contribution >= 0.6 is 22.9 Å². The van der Waals surface area contributed by atoms with Gasteiger partial charge in [0.25, 0.3) is 0 Å². The first-order chi connectivity index (χ1) is 9.51. The number of carbonyl (C=O) groups excluding carboxylic acids is 1. The lowest BCUT2D eigenvalue weighted by Crippen LogP contribution is -2.02. The fourth-order valence-electron chi connectivity index (χ4n) is 2.11. The summed E-state index contributed by atoms with van der Waals surface area (Å²) < 4.78 is 4.78. The number of ether oxygens (including phenoxy) is 1. The van der Waals surface area contributed by atoms with Crippen LogP contribution in [-0.2, 0) is 11.2 Å². The molecule has 2 rings (SSSR count). The van der Waals surface area contributed by atoms with Gasteiger partial charge in [0.2, 0.25) is 0 Å². The largest absolute Gasteiger partial charge is 0.465 e. The third-order valence-electron chi connectivity index (χ3n) is 3.21. The predicted molar refractivity (Wildman–Crippen MR) is 84.6 cm³/mol. The predicted octanol–water partition coefficient (Wildman–Crippen LogP) is 4.31. The monoisotopic (exact) mass is 309 g/mol. The molecule has 5 heteroatoms. The summed E-state index contributed by atoms with van der Waals surface area (Å²) in [5.41, 5.74) is 9.44. The van der Waals surface area contributed by atoms with E-state index in [-0.39, 0.29) is 0 Å². The molecule has 3 nitrogen and oxygen atoms in total. The van der Waals surface area contributed by atoms with E-state index in [1.807, 2.05) is 32.0 Å². The Bertz CT molecular complexity index is 664. The van der Waals surface area contributed by atoms with Crippen molar-refractivity contribution >= 4 is 34.6 Å². The third-order valence-corrected chi connectivity index (χ3v) is 4.97. The van der Waals surface area contributed by atoms with Crippen molar-refractivity contribution in [1.29, 1.82) is 0 Å². The van der Waals surface area contributed by atoms with Gasteiger partial charge in [0, 0.05) is 10.4 Å². The summed E-state index contributed by atoms with van der Waals surface area (Å²) in [5.74, 6) is -0.405. The van der Waals surface area contributed by atoms with Crippen LogP contribution in [0.25, 0.3) is 10.4 Å². The first-order valence-electron chi connectivity index (χ1n) is 6.26. The van der Waals surface area contributed by atoms with Gasteiger partial charge in [-0.3, -0.25) is 0 Å². The fourth-order valence-corrected chi connectivity index (χ4v) is 3.65. The lowest BCUT2D eigenvalue weighted by atomic mass is 10.0. The van der Waals surface area contributed by atoms with E-state index in [0.29, 0.717) is 15.6 Å². The number of nitrogen functional groups attached to an aromatic ring is 1. The van der Waals surface area contributed by atoms with Crippen molar-refractivity contribution < 1.29 is 9.53 Å². The van der Waals surface area contributed by atoms with Crippen molar-refractivity contribution in [3.05, 3.63) is 39.2 Å². The van der Waals surface area contributed by atoms with Crippen molar-refractivity contribution in [1.82, 2.24) is 0 Å². The van der Waals surface area contributed by atoms with Crippen molar-refractivity contribution in [2.24, 2.45) is 0 Å². The number of aryl methyl sites for hydroxylation is 1. The summed E-state index contributed by atoms with van der Waals surface area (Å²) in [6.07, 6.45) is 0.735.